The predicted molar refractivity (Wildman–Crippen MR) is 124 cm³/mol. The first-order valence-electron chi connectivity index (χ1n) is 11.2. The summed E-state index contributed by atoms with van der Waals surface area (Å²) in [4.78, 5) is 4.28. The second-order valence-corrected chi connectivity index (χ2v) is 7.71. The van der Waals surface area contributed by atoms with Gasteiger partial charge >= 0.3 is 0 Å². The molecular formula is C25H35N3O3. The van der Waals surface area contributed by atoms with Crippen molar-refractivity contribution in [2.45, 2.75) is 45.1 Å². The molecule has 6 heteroatoms. The number of nitrogens with zero attached hydrogens (tertiary/aromatic N) is 1. The van der Waals surface area contributed by atoms with Crippen LogP contribution in [0.1, 0.15) is 36.0 Å². The van der Waals surface area contributed by atoms with Crippen molar-refractivity contribution in [1.29, 1.82) is 0 Å². The molecule has 0 amide bonds. The fourth-order valence-corrected chi connectivity index (χ4v) is 3.39. The lowest BCUT2D eigenvalue weighted by molar-refractivity contribution is 0.0168. The number of ether oxygens (including phenoxy) is 3. The first-order chi connectivity index (χ1) is 15.3. The van der Waals surface area contributed by atoms with Crippen LogP contribution in [0.3, 0.4) is 0 Å². The highest BCUT2D eigenvalue weighted by Gasteiger charge is 2.14. The van der Waals surface area contributed by atoms with Crippen molar-refractivity contribution in [2.75, 3.05) is 33.4 Å². The van der Waals surface area contributed by atoms with Gasteiger partial charge in [0, 0.05) is 33.4 Å². The van der Waals surface area contributed by atoms with E-state index in [0.717, 1.165) is 51.5 Å². The summed E-state index contributed by atoms with van der Waals surface area (Å²) in [6, 6.07) is 18.7. The first kappa shape index (κ1) is 23.3. The predicted octanol–water partition coefficient (Wildman–Crippen LogP) is 3.65. The van der Waals surface area contributed by atoms with E-state index in [2.05, 4.69) is 52.0 Å². The Hall–Kier alpha value is -2.41. The molecule has 0 aliphatic carbocycles. The molecule has 1 aliphatic heterocycles. The van der Waals surface area contributed by atoms with Crippen LogP contribution in [-0.4, -0.2) is 45.5 Å². The number of guanidine groups is 1. The van der Waals surface area contributed by atoms with Crippen LogP contribution in [0.25, 0.3) is 0 Å². The monoisotopic (exact) mass is 425 g/mol. The molecule has 1 fully saturated rings. The molecule has 2 aromatic rings. The largest absolute Gasteiger partial charge is 0.379 e. The van der Waals surface area contributed by atoms with E-state index in [1.165, 1.54) is 16.7 Å². The minimum absolute atomic E-state index is 0.296. The van der Waals surface area contributed by atoms with Crippen LogP contribution in [0.5, 0.6) is 0 Å². The SMILES string of the molecule is CN=C(NCCCOCC1CCCO1)NCc1ccc(COCc2ccccc2)cc1. The second kappa shape index (κ2) is 13.8. The molecule has 1 heterocycles. The van der Waals surface area contributed by atoms with E-state index in [0.29, 0.717) is 25.9 Å². The zero-order valence-electron chi connectivity index (χ0n) is 18.5. The minimum Gasteiger partial charge on any atom is -0.379 e. The maximum absolute atomic E-state index is 5.80. The average molecular weight is 426 g/mol. The smallest absolute Gasteiger partial charge is 0.191 e. The third-order valence-corrected chi connectivity index (χ3v) is 5.17. The molecule has 2 aromatic carbocycles. The summed E-state index contributed by atoms with van der Waals surface area (Å²) in [6.45, 7) is 5.11. The van der Waals surface area contributed by atoms with Crippen molar-refractivity contribution in [3.05, 3.63) is 71.3 Å². The molecule has 0 saturated carbocycles. The van der Waals surface area contributed by atoms with Crippen molar-refractivity contribution in [3.63, 3.8) is 0 Å². The number of rotatable bonds is 12. The van der Waals surface area contributed by atoms with Crippen molar-refractivity contribution in [1.82, 2.24) is 10.6 Å². The van der Waals surface area contributed by atoms with Gasteiger partial charge in [0.25, 0.3) is 0 Å². The summed E-state index contributed by atoms with van der Waals surface area (Å²) in [5.74, 6) is 0.800. The number of hydrogen-bond acceptors (Lipinski definition) is 4. The third kappa shape index (κ3) is 9.09. The van der Waals surface area contributed by atoms with Gasteiger partial charge < -0.3 is 24.8 Å². The molecule has 2 N–H and O–H groups in total. The van der Waals surface area contributed by atoms with E-state index in [9.17, 15) is 0 Å². The lowest BCUT2D eigenvalue weighted by Gasteiger charge is -2.13. The van der Waals surface area contributed by atoms with Crippen LogP contribution in [-0.2, 0) is 34.0 Å². The van der Waals surface area contributed by atoms with Gasteiger partial charge in [-0.1, -0.05) is 54.6 Å². The fraction of sp³-hybridized carbons (Fsp3) is 0.480. The molecule has 1 atom stereocenters. The van der Waals surface area contributed by atoms with Gasteiger partial charge in [-0.25, -0.2) is 0 Å². The van der Waals surface area contributed by atoms with E-state index >= 15 is 0 Å². The normalized spacial score (nSPS) is 16.4. The fourth-order valence-electron chi connectivity index (χ4n) is 3.39. The maximum Gasteiger partial charge on any atom is 0.191 e. The van der Waals surface area contributed by atoms with E-state index in [1.54, 1.807) is 7.05 Å². The molecule has 0 spiro atoms. The standard InChI is InChI=1S/C25H35N3O3/c1-26-25(27-14-6-15-29-20-24-9-5-16-31-24)28-17-21-10-12-23(13-11-21)19-30-18-22-7-3-2-4-8-22/h2-4,7-8,10-13,24H,5-6,9,14-20H2,1H3,(H2,26,27,28). The zero-order chi connectivity index (χ0) is 21.6. The average Bonchev–Trinajstić information content (AvgIpc) is 3.33. The number of nitrogens with one attached hydrogen (secondary N) is 2. The highest BCUT2D eigenvalue weighted by Crippen LogP contribution is 2.12. The molecule has 3 rings (SSSR count). The lowest BCUT2D eigenvalue weighted by Crippen LogP contribution is -2.37. The molecule has 1 aliphatic rings. The Morgan fingerprint density at radius 2 is 1.71 bits per heavy atom. The molecular weight excluding hydrogens is 390 g/mol. The van der Waals surface area contributed by atoms with Crippen LogP contribution in [0, 0.1) is 0 Å². The van der Waals surface area contributed by atoms with Crippen molar-refractivity contribution >= 4 is 5.96 Å². The second-order valence-electron chi connectivity index (χ2n) is 7.71. The third-order valence-electron chi connectivity index (χ3n) is 5.17. The van der Waals surface area contributed by atoms with Gasteiger partial charge in [0.15, 0.2) is 5.96 Å². The van der Waals surface area contributed by atoms with Crippen LogP contribution < -0.4 is 10.6 Å². The van der Waals surface area contributed by atoms with Crippen molar-refractivity contribution in [3.8, 4) is 0 Å². The molecule has 1 saturated heterocycles. The Kier molecular flexibility index (Phi) is 10.4. The molecule has 0 aromatic heterocycles. The molecule has 1 unspecified atom stereocenters. The van der Waals surface area contributed by atoms with Gasteiger partial charge in [-0.3, -0.25) is 4.99 Å². The minimum atomic E-state index is 0.296. The Balaban J connectivity index is 1.26. The summed E-state index contributed by atoms with van der Waals surface area (Å²) in [6.07, 6.45) is 3.51. The lowest BCUT2D eigenvalue weighted by atomic mass is 10.1. The topological polar surface area (TPSA) is 64.1 Å². The van der Waals surface area contributed by atoms with Gasteiger partial charge in [0.05, 0.1) is 25.9 Å². The van der Waals surface area contributed by atoms with Gasteiger partial charge in [-0.15, -0.1) is 0 Å². The first-order valence-corrected chi connectivity index (χ1v) is 11.2. The Morgan fingerprint density at radius 1 is 0.968 bits per heavy atom. The van der Waals surface area contributed by atoms with Crippen molar-refractivity contribution < 1.29 is 14.2 Å². The van der Waals surface area contributed by atoms with E-state index in [-0.39, 0.29) is 0 Å². The highest BCUT2D eigenvalue weighted by molar-refractivity contribution is 5.79. The van der Waals surface area contributed by atoms with Crippen LogP contribution in [0.15, 0.2) is 59.6 Å². The Morgan fingerprint density at radius 3 is 2.42 bits per heavy atom. The Labute approximate surface area is 186 Å². The van der Waals surface area contributed by atoms with Gasteiger partial charge in [0.2, 0.25) is 0 Å². The molecule has 0 bridgehead atoms. The Bertz CT molecular complexity index is 759. The summed E-state index contributed by atoms with van der Waals surface area (Å²) >= 11 is 0. The molecule has 168 valence electrons. The van der Waals surface area contributed by atoms with E-state index in [4.69, 9.17) is 14.2 Å². The van der Waals surface area contributed by atoms with Crippen LogP contribution >= 0.6 is 0 Å². The van der Waals surface area contributed by atoms with Crippen molar-refractivity contribution in [2.24, 2.45) is 4.99 Å². The summed E-state index contributed by atoms with van der Waals surface area (Å²) in [7, 11) is 1.79. The van der Waals surface area contributed by atoms with E-state index < -0.39 is 0 Å². The maximum atomic E-state index is 5.80. The molecule has 0 radical (unpaired) electrons. The number of aliphatic imine (C=N–C) groups is 1. The van der Waals surface area contributed by atoms with Gasteiger partial charge in [-0.2, -0.15) is 0 Å². The van der Waals surface area contributed by atoms with Gasteiger partial charge in [0.1, 0.15) is 0 Å². The molecule has 6 nitrogen and oxygen atoms in total. The molecule has 31 heavy (non-hydrogen) atoms. The number of hydrogen-bond donors (Lipinski definition) is 2. The zero-order valence-corrected chi connectivity index (χ0v) is 18.5. The summed E-state index contributed by atoms with van der Waals surface area (Å²) < 4.78 is 17.0. The van der Waals surface area contributed by atoms with Crippen LogP contribution in [0.2, 0.25) is 0 Å². The number of benzene rings is 2. The van der Waals surface area contributed by atoms with E-state index in [1.807, 2.05) is 18.2 Å². The van der Waals surface area contributed by atoms with Gasteiger partial charge in [-0.05, 0) is 36.0 Å². The summed E-state index contributed by atoms with van der Waals surface area (Å²) in [5.41, 5.74) is 3.57. The quantitative estimate of drug-likeness (QED) is 0.309. The van der Waals surface area contributed by atoms with Crippen LogP contribution in [0.4, 0.5) is 0 Å². The highest BCUT2D eigenvalue weighted by atomic mass is 16.5. The summed E-state index contributed by atoms with van der Waals surface area (Å²) in [5, 5.41) is 6.68.